The zero-order valence-electron chi connectivity index (χ0n) is 12.2. The van der Waals surface area contributed by atoms with Crippen molar-refractivity contribution >= 4 is 21.6 Å². The average Bonchev–Trinajstić information content (AvgIpc) is 2.84. The first-order valence-corrected chi connectivity index (χ1v) is 8.78. The molecule has 2 heterocycles. The molecule has 0 radical (unpaired) electrons. The fourth-order valence-corrected chi connectivity index (χ4v) is 4.01. The molecular formula is C13H20N4O3S. The number of nitrogens with one attached hydrogen (secondary N) is 1. The van der Waals surface area contributed by atoms with Gasteiger partial charge < -0.3 is 10.2 Å². The van der Waals surface area contributed by atoms with E-state index in [2.05, 4.69) is 15.3 Å². The minimum absolute atomic E-state index is 0.0242. The van der Waals surface area contributed by atoms with E-state index in [0.717, 1.165) is 13.0 Å². The van der Waals surface area contributed by atoms with Crippen molar-refractivity contribution in [2.75, 3.05) is 30.4 Å². The Balaban J connectivity index is 2.09. The highest BCUT2D eigenvalue weighted by Gasteiger charge is 2.33. The summed E-state index contributed by atoms with van der Waals surface area (Å²) >= 11 is 0. The molecule has 0 aromatic carbocycles. The van der Waals surface area contributed by atoms with Gasteiger partial charge in [0.25, 0.3) is 5.91 Å². The highest BCUT2D eigenvalue weighted by Crippen LogP contribution is 2.18. The second-order valence-corrected chi connectivity index (χ2v) is 7.42. The molecule has 2 rings (SSSR count). The second-order valence-electron chi connectivity index (χ2n) is 5.19. The van der Waals surface area contributed by atoms with Gasteiger partial charge in [0.15, 0.2) is 9.84 Å². The van der Waals surface area contributed by atoms with Crippen LogP contribution in [0.25, 0.3) is 0 Å². The maximum absolute atomic E-state index is 12.4. The van der Waals surface area contributed by atoms with E-state index in [1.165, 1.54) is 11.1 Å². The molecule has 7 nitrogen and oxygen atoms in total. The third-order valence-electron chi connectivity index (χ3n) is 3.49. The van der Waals surface area contributed by atoms with Gasteiger partial charge in [0, 0.05) is 19.6 Å². The number of nitrogens with zero attached hydrogens (tertiary/aromatic N) is 3. The zero-order valence-corrected chi connectivity index (χ0v) is 13.1. The van der Waals surface area contributed by atoms with Crippen molar-refractivity contribution in [1.29, 1.82) is 0 Å². The number of rotatable bonds is 5. The van der Waals surface area contributed by atoms with Gasteiger partial charge in [0.2, 0.25) is 0 Å². The number of hydrogen-bond acceptors (Lipinski definition) is 6. The topological polar surface area (TPSA) is 92.3 Å². The van der Waals surface area contributed by atoms with Crippen molar-refractivity contribution in [3.8, 4) is 0 Å². The van der Waals surface area contributed by atoms with Crippen molar-refractivity contribution < 1.29 is 13.2 Å². The minimum Gasteiger partial charge on any atom is -0.369 e. The molecule has 8 heteroatoms. The number of aromatic nitrogens is 2. The van der Waals surface area contributed by atoms with Crippen LogP contribution in [0.4, 0.5) is 5.82 Å². The molecule has 0 bridgehead atoms. The Morgan fingerprint density at radius 1 is 1.48 bits per heavy atom. The number of hydrogen-bond donors (Lipinski definition) is 1. The minimum atomic E-state index is -3.02. The summed E-state index contributed by atoms with van der Waals surface area (Å²) < 4.78 is 23.0. The van der Waals surface area contributed by atoms with Crippen molar-refractivity contribution in [2.45, 2.75) is 25.8 Å². The Hall–Kier alpha value is -1.70. The Morgan fingerprint density at radius 3 is 2.86 bits per heavy atom. The summed E-state index contributed by atoms with van der Waals surface area (Å²) in [6.07, 6.45) is 4.39. The average molecular weight is 312 g/mol. The molecule has 1 saturated heterocycles. The second kappa shape index (κ2) is 6.38. The van der Waals surface area contributed by atoms with Crippen LogP contribution in [0, 0.1) is 0 Å². The molecule has 0 aliphatic carbocycles. The molecule has 1 amide bonds. The number of carbonyl (C=O) groups excluding carboxylic acids is 1. The largest absolute Gasteiger partial charge is 0.369 e. The highest BCUT2D eigenvalue weighted by atomic mass is 32.2. The van der Waals surface area contributed by atoms with Gasteiger partial charge >= 0.3 is 0 Å². The van der Waals surface area contributed by atoms with E-state index in [-0.39, 0.29) is 29.1 Å². The summed E-state index contributed by atoms with van der Waals surface area (Å²) in [6, 6.07) is -0.281. The van der Waals surface area contributed by atoms with E-state index in [1.807, 2.05) is 6.92 Å². The maximum Gasteiger partial charge on any atom is 0.274 e. The molecule has 1 aliphatic heterocycles. The van der Waals surface area contributed by atoms with Gasteiger partial charge in [-0.2, -0.15) is 0 Å². The van der Waals surface area contributed by atoms with Crippen molar-refractivity contribution in [3.63, 3.8) is 0 Å². The van der Waals surface area contributed by atoms with Gasteiger partial charge in [0.05, 0.1) is 23.9 Å². The molecule has 1 N–H and O–H groups in total. The highest BCUT2D eigenvalue weighted by molar-refractivity contribution is 7.91. The van der Waals surface area contributed by atoms with Crippen molar-refractivity contribution in [2.24, 2.45) is 0 Å². The molecule has 0 spiro atoms. The Morgan fingerprint density at radius 2 is 2.24 bits per heavy atom. The Kier molecular flexibility index (Phi) is 4.76. The van der Waals surface area contributed by atoms with Crippen LogP contribution in [0.1, 0.15) is 30.3 Å². The first-order valence-electron chi connectivity index (χ1n) is 6.96. The smallest absolute Gasteiger partial charge is 0.274 e. The fourth-order valence-electron chi connectivity index (χ4n) is 2.23. The number of amides is 1. The summed E-state index contributed by atoms with van der Waals surface area (Å²) in [5.74, 6) is 0.412. The van der Waals surface area contributed by atoms with Gasteiger partial charge in [-0.05, 0) is 12.8 Å². The summed E-state index contributed by atoms with van der Waals surface area (Å²) in [4.78, 5) is 22.1. The standard InChI is InChI=1S/C13H20N4O3S/c1-3-5-15-12-8-14-7-11(16-12)13(18)17(2)10-4-6-21(19,20)9-10/h7-8,10H,3-6,9H2,1-2H3,(H,15,16). The molecule has 1 atom stereocenters. The molecule has 1 unspecified atom stereocenters. The van der Waals surface area contributed by atoms with Gasteiger partial charge in [0.1, 0.15) is 11.5 Å². The van der Waals surface area contributed by atoms with Crippen LogP contribution in [-0.2, 0) is 9.84 Å². The van der Waals surface area contributed by atoms with Crippen molar-refractivity contribution in [1.82, 2.24) is 14.9 Å². The molecule has 1 aromatic rings. The van der Waals surface area contributed by atoms with Crippen LogP contribution in [-0.4, -0.2) is 60.3 Å². The van der Waals surface area contributed by atoms with Gasteiger partial charge in [-0.25, -0.2) is 13.4 Å². The predicted molar refractivity (Wildman–Crippen MR) is 80.0 cm³/mol. The quantitative estimate of drug-likeness (QED) is 0.854. The number of sulfone groups is 1. The summed E-state index contributed by atoms with van der Waals surface area (Å²) in [5, 5.41) is 3.07. The van der Waals surface area contributed by atoms with Crippen LogP contribution >= 0.6 is 0 Å². The van der Waals surface area contributed by atoms with E-state index in [0.29, 0.717) is 12.2 Å². The monoisotopic (exact) mass is 312 g/mol. The summed E-state index contributed by atoms with van der Waals surface area (Å²) in [6.45, 7) is 2.78. The van der Waals surface area contributed by atoms with Crippen LogP contribution in [0.2, 0.25) is 0 Å². The fraction of sp³-hybridized carbons (Fsp3) is 0.615. The Bertz CT molecular complexity index is 618. The molecule has 0 saturated carbocycles. The summed E-state index contributed by atoms with van der Waals surface area (Å²) in [7, 11) is -1.41. The lowest BCUT2D eigenvalue weighted by Gasteiger charge is -2.22. The van der Waals surface area contributed by atoms with E-state index >= 15 is 0 Å². The van der Waals surface area contributed by atoms with E-state index < -0.39 is 9.84 Å². The van der Waals surface area contributed by atoms with E-state index in [1.54, 1.807) is 13.2 Å². The first kappa shape index (κ1) is 15.7. The Labute approximate surface area is 124 Å². The third-order valence-corrected chi connectivity index (χ3v) is 5.24. The van der Waals surface area contributed by atoms with E-state index in [9.17, 15) is 13.2 Å². The zero-order chi connectivity index (χ0) is 15.5. The number of carbonyl (C=O) groups is 1. The van der Waals surface area contributed by atoms with Gasteiger partial charge in [-0.3, -0.25) is 9.78 Å². The third kappa shape index (κ3) is 3.90. The first-order chi connectivity index (χ1) is 9.93. The predicted octanol–water partition coefficient (Wildman–Crippen LogP) is 0.558. The molecule has 1 aromatic heterocycles. The van der Waals surface area contributed by atoms with Gasteiger partial charge in [-0.15, -0.1) is 0 Å². The molecule has 1 fully saturated rings. The molecule has 1 aliphatic rings. The lowest BCUT2D eigenvalue weighted by Crippen LogP contribution is -2.38. The van der Waals surface area contributed by atoms with Crippen LogP contribution in [0.3, 0.4) is 0 Å². The molecule has 21 heavy (non-hydrogen) atoms. The summed E-state index contributed by atoms with van der Waals surface area (Å²) in [5.41, 5.74) is 0.225. The van der Waals surface area contributed by atoms with Gasteiger partial charge in [-0.1, -0.05) is 6.92 Å². The normalized spacial score (nSPS) is 20.2. The number of anilines is 1. The maximum atomic E-state index is 12.4. The lowest BCUT2D eigenvalue weighted by molar-refractivity contribution is 0.0741. The molecule has 116 valence electrons. The SMILES string of the molecule is CCCNc1cncc(C(=O)N(C)C2CCS(=O)(=O)C2)n1. The van der Waals surface area contributed by atoms with E-state index in [4.69, 9.17) is 0 Å². The lowest BCUT2D eigenvalue weighted by atomic mass is 10.2. The van der Waals surface area contributed by atoms with Crippen LogP contribution in [0.15, 0.2) is 12.4 Å². The van der Waals surface area contributed by atoms with Crippen LogP contribution in [0.5, 0.6) is 0 Å². The molecular weight excluding hydrogens is 292 g/mol. The van der Waals surface area contributed by atoms with Crippen molar-refractivity contribution in [3.05, 3.63) is 18.1 Å². The van der Waals surface area contributed by atoms with Crippen LogP contribution < -0.4 is 5.32 Å².